The van der Waals surface area contributed by atoms with Gasteiger partial charge in [-0.15, -0.1) is 6.58 Å². The molecule has 0 spiro atoms. The Bertz CT molecular complexity index is 179. The smallest absolute Gasteiger partial charge is 0.449 e. The average Bonchev–Trinajstić information content (AvgIpc) is 1.98. The minimum atomic E-state index is -1.00. The number of carbonyl (C=O) groups is 1. The van der Waals surface area contributed by atoms with E-state index in [1.165, 1.54) is 6.08 Å². The molecule has 0 rings (SSSR count). The van der Waals surface area contributed by atoms with Gasteiger partial charge in [-0.05, 0) is 5.01 Å². The largest absolute Gasteiger partial charge is 0.468 e. The minimum Gasteiger partial charge on any atom is -0.449 e. The Morgan fingerprint density at radius 2 is 2.45 bits per heavy atom. The molecule has 0 saturated heterocycles. The lowest BCUT2D eigenvalue weighted by Gasteiger charge is -2.06. The van der Waals surface area contributed by atoms with E-state index in [0.29, 0.717) is 5.01 Å². The van der Waals surface area contributed by atoms with Gasteiger partial charge in [-0.2, -0.15) is 0 Å². The Hall–Kier alpha value is -1.59. The maximum atomic E-state index is 10.6. The standard InChI is InChI=1S/C5H8N2O4/c1-3-4-6(7(9)10)5(8)11-2/h3H,1,4H2,2H3. The van der Waals surface area contributed by atoms with Crippen molar-refractivity contribution in [1.82, 2.24) is 5.01 Å². The number of carbonyl (C=O) groups excluding carboxylic acids is 1. The monoisotopic (exact) mass is 160 g/mol. The number of rotatable bonds is 3. The van der Waals surface area contributed by atoms with Gasteiger partial charge in [-0.3, -0.25) is 0 Å². The number of hydrogen-bond donors (Lipinski definition) is 0. The van der Waals surface area contributed by atoms with Crippen LogP contribution in [0.3, 0.4) is 0 Å². The van der Waals surface area contributed by atoms with Gasteiger partial charge in [0.15, 0.2) is 5.03 Å². The molecule has 0 heterocycles. The maximum Gasteiger partial charge on any atom is 0.468 e. The molecule has 0 unspecified atom stereocenters. The third-order valence-electron chi connectivity index (χ3n) is 0.885. The zero-order chi connectivity index (χ0) is 8.85. The first kappa shape index (κ1) is 9.41. The van der Waals surface area contributed by atoms with Crippen molar-refractivity contribution < 1.29 is 14.6 Å². The van der Waals surface area contributed by atoms with Crippen LogP contribution in [0.5, 0.6) is 0 Å². The Kier molecular flexibility index (Phi) is 3.65. The van der Waals surface area contributed by atoms with Crippen LogP contribution in [-0.4, -0.2) is 29.8 Å². The van der Waals surface area contributed by atoms with Crippen LogP contribution in [0.1, 0.15) is 0 Å². The van der Waals surface area contributed by atoms with Crippen molar-refractivity contribution in [3.8, 4) is 0 Å². The quantitative estimate of drug-likeness (QED) is 0.341. The van der Waals surface area contributed by atoms with Crippen molar-refractivity contribution in [2.75, 3.05) is 13.7 Å². The summed E-state index contributed by atoms with van der Waals surface area (Å²) in [6, 6.07) is 0. The van der Waals surface area contributed by atoms with Crippen molar-refractivity contribution in [2.45, 2.75) is 0 Å². The molecule has 0 fully saturated rings. The summed E-state index contributed by atoms with van der Waals surface area (Å²) < 4.78 is 4.12. The number of hydrazine groups is 1. The number of ether oxygens (including phenoxy) is 1. The molecule has 0 atom stereocenters. The number of amides is 1. The molecular formula is C5H8N2O4. The van der Waals surface area contributed by atoms with Gasteiger partial charge in [-0.1, -0.05) is 6.08 Å². The van der Waals surface area contributed by atoms with Gasteiger partial charge in [0, 0.05) is 0 Å². The van der Waals surface area contributed by atoms with Crippen LogP contribution in [0, 0.1) is 10.1 Å². The molecule has 62 valence electrons. The van der Waals surface area contributed by atoms with E-state index in [1.54, 1.807) is 0 Å². The minimum absolute atomic E-state index is 0.167. The van der Waals surface area contributed by atoms with E-state index < -0.39 is 11.1 Å². The van der Waals surface area contributed by atoms with E-state index in [-0.39, 0.29) is 6.54 Å². The molecular weight excluding hydrogens is 152 g/mol. The third kappa shape index (κ3) is 2.65. The second-order valence-corrected chi connectivity index (χ2v) is 1.58. The number of methoxy groups -OCH3 is 1. The molecule has 6 heteroatoms. The average molecular weight is 160 g/mol. The van der Waals surface area contributed by atoms with Crippen molar-refractivity contribution in [2.24, 2.45) is 0 Å². The SMILES string of the molecule is C=CCN(C(=O)OC)[N+](=O)[O-]. The van der Waals surface area contributed by atoms with Gasteiger partial charge >= 0.3 is 6.09 Å². The zero-order valence-corrected chi connectivity index (χ0v) is 6.02. The summed E-state index contributed by atoms with van der Waals surface area (Å²) >= 11 is 0. The summed E-state index contributed by atoms with van der Waals surface area (Å²) in [5.74, 6) is 0. The molecule has 11 heavy (non-hydrogen) atoms. The van der Waals surface area contributed by atoms with E-state index in [0.717, 1.165) is 7.11 Å². The molecule has 0 bridgehead atoms. The second kappa shape index (κ2) is 4.26. The lowest BCUT2D eigenvalue weighted by molar-refractivity contribution is -0.633. The van der Waals surface area contributed by atoms with Crippen molar-refractivity contribution in [1.29, 1.82) is 0 Å². The third-order valence-corrected chi connectivity index (χ3v) is 0.885. The predicted molar refractivity (Wildman–Crippen MR) is 36.3 cm³/mol. The highest BCUT2D eigenvalue weighted by Crippen LogP contribution is 1.92. The maximum absolute atomic E-state index is 10.6. The van der Waals surface area contributed by atoms with Gasteiger partial charge in [0.2, 0.25) is 0 Å². The first-order valence-corrected chi connectivity index (χ1v) is 2.74. The number of nitrogens with zero attached hydrogens (tertiary/aromatic N) is 2. The molecule has 0 aromatic carbocycles. The Balaban J connectivity index is 4.20. The van der Waals surface area contributed by atoms with Crippen LogP contribution in [0.2, 0.25) is 0 Å². The highest BCUT2D eigenvalue weighted by Gasteiger charge is 2.22. The molecule has 6 nitrogen and oxygen atoms in total. The fourth-order valence-electron chi connectivity index (χ4n) is 0.436. The van der Waals surface area contributed by atoms with E-state index in [1.807, 2.05) is 0 Å². The molecule has 1 amide bonds. The van der Waals surface area contributed by atoms with Crippen LogP contribution >= 0.6 is 0 Å². The second-order valence-electron chi connectivity index (χ2n) is 1.58. The first-order chi connectivity index (χ1) is 5.13. The number of hydrogen-bond acceptors (Lipinski definition) is 4. The van der Waals surface area contributed by atoms with Gasteiger partial charge in [0.25, 0.3) is 0 Å². The lowest BCUT2D eigenvalue weighted by Crippen LogP contribution is -2.36. The summed E-state index contributed by atoms with van der Waals surface area (Å²) in [5, 5.41) is 9.53. The van der Waals surface area contributed by atoms with E-state index in [9.17, 15) is 14.9 Å². The molecule has 0 aliphatic heterocycles. The summed E-state index contributed by atoms with van der Waals surface area (Å²) in [5.41, 5.74) is 0. The van der Waals surface area contributed by atoms with E-state index in [4.69, 9.17) is 0 Å². The fraction of sp³-hybridized carbons (Fsp3) is 0.400. The summed E-state index contributed by atoms with van der Waals surface area (Å²) in [6.45, 7) is 3.08. The number of nitro groups is 1. The Morgan fingerprint density at radius 3 is 2.73 bits per heavy atom. The van der Waals surface area contributed by atoms with Gasteiger partial charge in [0.05, 0.1) is 7.11 Å². The zero-order valence-electron chi connectivity index (χ0n) is 6.02. The summed E-state index contributed by atoms with van der Waals surface area (Å²) in [4.78, 5) is 20.6. The topological polar surface area (TPSA) is 72.7 Å². The summed E-state index contributed by atoms with van der Waals surface area (Å²) in [6.07, 6.45) is 0.231. The predicted octanol–water partition coefficient (Wildman–Crippen LogP) is 0.432. The lowest BCUT2D eigenvalue weighted by atomic mass is 10.6. The molecule has 0 saturated carbocycles. The first-order valence-electron chi connectivity index (χ1n) is 2.74. The summed E-state index contributed by atoms with van der Waals surface area (Å²) in [7, 11) is 1.07. The normalized spacial score (nSPS) is 8.45. The highest BCUT2D eigenvalue weighted by molar-refractivity contribution is 5.65. The van der Waals surface area contributed by atoms with Crippen molar-refractivity contribution in [3.05, 3.63) is 22.8 Å². The van der Waals surface area contributed by atoms with Crippen LogP contribution in [-0.2, 0) is 4.74 Å². The van der Waals surface area contributed by atoms with Gasteiger partial charge in [0.1, 0.15) is 6.54 Å². The van der Waals surface area contributed by atoms with E-state index >= 15 is 0 Å². The molecule has 0 aliphatic rings. The van der Waals surface area contributed by atoms with E-state index in [2.05, 4.69) is 11.3 Å². The van der Waals surface area contributed by atoms with Crippen LogP contribution in [0.15, 0.2) is 12.7 Å². The fourth-order valence-corrected chi connectivity index (χ4v) is 0.436. The van der Waals surface area contributed by atoms with Gasteiger partial charge < -0.3 is 4.74 Å². The molecule has 0 aromatic heterocycles. The van der Waals surface area contributed by atoms with Crippen molar-refractivity contribution in [3.63, 3.8) is 0 Å². The van der Waals surface area contributed by atoms with Crippen LogP contribution < -0.4 is 0 Å². The van der Waals surface area contributed by atoms with Crippen LogP contribution in [0.25, 0.3) is 0 Å². The van der Waals surface area contributed by atoms with Gasteiger partial charge in [-0.25, -0.2) is 14.9 Å². The Labute approximate surface area is 63.2 Å². The molecule has 0 aliphatic carbocycles. The molecule has 0 N–H and O–H groups in total. The highest BCUT2D eigenvalue weighted by atomic mass is 16.7. The molecule has 0 radical (unpaired) electrons. The van der Waals surface area contributed by atoms with Crippen molar-refractivity contribution >= 4 is 6.09 Å². The molecule has 0 aromatic rings. The Morgan fingerprint density at radius 1 is 1.91 bits per heavy atom. The van der Waals surface area contributed by atoms with Crippen LogP contribution in [0.4, 0.5) is 4.79 Å².